The zero-order valence-electron chi connectivity index (χ0n) is 15.8. The summed E-state index contributed by atoms with van der Waals surface area (Å²) in [5.74, 6) is 3.14. The van der Waals surface area contributed by atoms with Crippen LogP contribution < -0.4 is 14.8 Å². The van der Waals surface area contributed by atoms with Gasteiger partial charge in [-0.25, -0.2) is 4.98 Å². The van der Waals surface area contributed by atoms with E-state index in [1.807, 2.05) is 56.3 Å². The van der Waals surface area contributed by atoms with E-state index >= 15 is 0 Å². The highest BCUT2D eigenvalue weighted by Crippen LogP contribution is 2.23. The first-order valence-electron chi connectivity index (χ1n) is 9.00. The van der Waals surface area contributed by atoms with E-state index < -0.39 is 0 Å². The zero-order valence-corrected chi connectivity index (χ0v) is 15.8. The number of amides is 1. The molecule has 1 aromatic carbocycles. The molecule has 1 amide bonds. The molecule has 0 radical (unpaired) electrons. The SMILES string of the molecule is CCOc1ccc(Oc2cc(CNC(=O)C=Cc3ccc(C)o3)ccn2)cc1. The molecule has 2 heterocycles. The number of carbonyl (C=O) groups excluding carboxylic acids is 1. The number of benzene rings is 1. The maximum absolute atomic E-state index is 12.0. The Morgan fingerprint density at radius 1 is 1.14 bits per heavy atom. The molecule has 3 aromatic rings. The molecule has 6 heteroatoms. The molecule has 0 saturated carbocycles. The van der Waals surface area contributed by atoms with Crippen LogP contribution in [0.3, 0.4) is 0 Å². The Morgan fingerprint density at radius 2 is 1.93 bits per heavy atom. The molecule has 144 valence electrons. The normalized spacial score (nSPS) is 10.8. The molecule has 0 fully saturated rings. The molecule has 0 aliphatic heterocycles. The third kappa shape index (κ3) is 5.74. The Morgan fingerprint density at radius 3 is 2.64 bits per heavy atom. The van der Waals surface area contributed by atoms with Gasteiger partial charge in [0.05, 0.1) is 6.61 Å². The van der Waals surface area contributed by atoms with Crippen molar-refractivity contribution in [1.29, 1.82) is 0 Å². The molecule has 0 bridgehead atoms. The summed E-state index contributed by atoms with van der Waals surface area (Å²) < 4.78 is 16.6. The molecular formula is C22H22N2O4. The number of aromatic nitrogens is 1. The fraction of sp³-hybridized carbons (Fsp3) is 0.182. The Labute approximate surface area is 163 Å². The summed E-state index contributed by atoms with van der Waals surface area (Å²) >= 11 is 0. The first kappa shape index (κ1) is 19.2. The fourth-order valence-corrected chi connectivity index (χ4v) is 2.46. The number of rotatable bonds is 8. The van der Waals surface area contributed by atoms with Gasteiger partial charge in [0.2, 0.25) is 11.8 Å². The van der Waals surface area contributed by atoms with E-state index in [1.165, 1.54) is 6.08 Å². The Balaban J connectivity index is 1.54. The maximum Gasteiger partial charge on any atom is 0.244 e. The van der Waals surface area contributed by atoms with Crippen LogP contribution in [0, 0.1) is 6.92 Å². The first-order chi connectivity index (χ1) is 13.6. The first-order valence-corrected chi connectivity index (χ1v) is 9.00. The summed E-state index contributed by atoms with van der Waals surface area (Å²) in [7, 11) is 0. The summed E-state index contributed by atoms with van der Waals surface area (Å²) in [5, 5.41) is 2.82. The van der Waals surface area contributed by atoms with Gasteiger partial charge in [-0.2, -0.15) is 0 Å². The zero-order chi connectivity index (χ0) is 19.8. The second kappa shape index (κ2) is 9.41. The third-order valence-electron chi connectivity index (χ3n) is 3.78. The van der Waals surface area contributed by atoms with Crippen LogP contribution in [0.15, 0.2) is 65.2 Å². The quantitative estimate of drug-likeness (QED) is 0.584. The van der Waals surface area contributed by atoms with Gasteiger partial charge in [-0.15, -0.1) is 0 Å². The van der Waals surface area contributed by atoms with Crippen LogP contribution >= 0.6 is 0 Å². The van der Waals surface area contributed by atoms with Crippen LogP contribution in [-0.2, 0) is 11.3 Å². The lowest BCUT2D eigenvalue weighted by Gasteiger charge is -2.08. The van der Waals surface area contributed by atoms with Crippen molar-refractivity contribution in [3.63, 3.8) is 0 Å². The van der Waals surface area contributed by atoms with Crippen LogP contribution in [0.2, 0.25) is 0 Å². The number of ether oxygens (including phenoxy) is 2. The molecule has 28 heavy (non-hydrogen) atoms. The van der Waals surface area contributed by atoms with Crippen molar-refractivity contribution >= 4 is 12.0 Å². The number of furan rings is 1. The van der Waals surface area contributed by atoms with Crippen LogP contribution in [0.25, 0.3) is 6.08 Å². The molecule has 0 unspecified atom stereocenters. The number of hydrogen-bond donors (Lipinski definition) is 1. The molecule has 1 N–H and O–H groups in total. The average molecular weight is 378 g/mol. The van der Waals surface area contributed by atoms with Gasteiger partial charge in [0, 0.05) is 24.9 Å². The Kier molecular flexibility index (Phi) is 6.46. The van der Waals surface area contributed by atoms with E-state index in [9.17, 15) is 4.79 Å². The highest BCUT2D eigenvalue weighted by molar-refractivity contribution is 5.91. The summed E-state index contributed by atoms with van der Waals surface area (Å²) in [4.78, 5) is 16.2. The molecule has 3 rings (SSSR count). The number of nitrogens with one attached hydrogen (secondary N) is 1. The number of carbonyl (C=O) groups is 1. The number of nitrogens with zero attached hydrogens (tertiary/aromatic N) is 1. The second-order valence-electron chi connectivity index (χ2n) is 6.01. The van der Waals surface area contributed by atoms with Crippen molar-refractivity contribution in [2.24, 2.45) is 0 Å². The van der Waals surface area contributed by atoms with E-state index in [0.29, 0.717) is 30.5 Å². The van der Waals surface area contributed by atoms with Crippen LogP contribution in [0.5, 0.6) is 17.4 Å². The maximum atomic E-state index is 12.0. The van der Waals surface area contributed by atoms with Crippen molar-refractivity contribution in [2.75, 3.05) is 6.61 Å². The largest absolute Gasteiger partial charge is 0.494 e. The van der Waals surface area contributed by atoms with Crippen molar-refractivity contribution in [2.45, 2.75) is 20.4 Å². The lowest BCUT2D eigenvalue weighted by atomic mass is 10.2. The smallest absolute Gasteiger partial charge is 0.244 e. The minimum atomic E-state index is -0.208. The predicted octanol–water partition coefficient (Wildman–Crippen LogP) is 4.50. The lowest BCUT2D eigenvalue weighted by molar-refractivity contribution is -0.116. The molecule has 0 aliphatic carbocycles. The molecule has 0 aliphatic rings. The molecule has 0 spiro atoms. The van der Waals surface area contributed by atoms with Gasteiger partial charge in [-0.3, -0.25) is 4.79 Å². The van der Waals surface area contributed by atoms with Gasteiger partial charge < -0.3 is 19.2 Å². The van der Waals surface area contributed by atoms with Gasteiger partial charge in [0.25, 0.3) is 0 Å². The molecule has 0 atom stereocenters. The Hall–Kier alpha value is -3.54. The highest BCUT2D eigenvalue weighted by atomic mass is 16.5. The minimum Gasteiger partial charge on any atom is -0.494 e. The molecule has 2 aromatic heterocycles. The van der Waals surface area contributed by atoms with Crippen molar-refractivity contribution < 1.29 is 18.7 Å². The van der Waals surface area contributed by atoms with E-state index in [1.54, 1.807) is 18.3 Å². The van der Waals surface area contributed by atoms with Crippen LogP contribution in [-0.4, -0.2) is 17.5 Å². The molecule has 0 saturated heterocycles. The standard InChI is InChI=1S/C22H22N2O4/c1-3-26-18-6-8-20(9-7-18)28-22-14-17(12-13-23-22)15-24-21(25)11-10-19-5-4-16(2)27-19/h4-14H,3,15H2,1-2H3,(H,24,25). The summed E-state index contributed by atoms with van der Waals surface area (Å²) in [6, 6.07) is 14.6. The van der Waals surface area contributed by atoms with Crippen molar-refractivity contribution in [3.05, 3.63) is 77.9 Å². The number of pyridine rings is 1. The van der Waals surface area contributed by atoms with E-state index in [0.717, 1.165) is 17.1 Å². The van der Waals surface area contributed by atoms with Crippen LogP contribution in [0.4, 0.5) is 0 Å². The van der Waals surface area contributed by atoms with E-state index in [-0.39, 0.29) is 5.91 Å². The monoisotopic (exact) mass is 378 g/mol. The third-order valence-corrected chi connectivity index (χ3v) is 3.78. The number of hydrogen-bond acceptors (Lipinski definition) is 5. The van der Waals surface area contributed by atoms with E-state index in [2.05, 4.69) is 10.3 Å². The van der Waals surface area contributed by atoms with Gasteiger partial charge >= 0.3 is 0 Å². The number of aryl methyl sites for hydroxylation is 1. The lowest BCUT2D eigenvalue weighted by Crippen LogP contribution is -2.20. The minimum absolute atomic E-state index is 0.208. The molecular weight excluding hydrogens is 356 g/mol. The van der Waals surface area contributed by atoms with E-state index in [4.69, 9.17) is 13.9 Å². The molecule has 6 nitrogen and oxygen atoms in total. The predicted molar refractivity (Wildman–Crippen MR) is 106 cm³/mol. The van der Waals surface area contributed by atoms with Gasteiger partial charge in [-0.1, -0.05) is 0 Å². The Bertz CT molecular complexity index is 945. The average Bonchev–Trinajstić information content (AvgIpc) is 3.12. The van der Waals surface area contributed by atoms with Gasteiger partial charge in [-0.05, 0) is 68.0 Å². The van der Waals surface area contributed by atoms with Gasteiger partial charge in [0.15, 0.2) is 0 Å². The highest BCUT2D eigenvalue weighted by Gasteiger charge is 2.03. The van der Waals surface area contributed by atoms with Crippen LogP contribution in [0.1, 0.15) is 24.0 Å². The topological polar surface area (TPSA) is 73.6 Å². The summed E-state index contributed by atoms with van der Waals surface area (Å²) in [6.07, 6.45) is 4.72. The fourth-order valence-electron chi connectivity index (χ4n) is 2.46. The van der Waals surface area contributed by atoms with Crippen molar-refractivity contribution in [1.82, 2.24) is 10.3 Å². The van der Waals surface area contributed by atoms with Crippen molar-refractivity contribution in [3.8, 4) is 17.4 Å². The van der Waals surface area contributed by atoms with Gasteiger partial charge in [0.1, 0.15) is 23.0 Å². The second-order valence-corrected chi connectivity index (χ2v) is 6.01. The summed E-state index contributed by atoms with van der Waals surface area (Å²) in [5.41, 5.74) is 0.881. The summed E-state index contributed by atoms with van der Waals surface area (Å²) in [6.45, 7) is 4.77.